The number of aliphatic hydroxyl groups excluding tert-OH is 1. The minimum atomic E-state index is -1.20. The van der Waals surface area contributed by atoms with E-state index in [0.717, 1.165) is 0 Å². The number of nitrogens with zero attached hydrogens (tertiary/aromatic N) is 1. The van der Waals surface area contributed by atoms with Crippen LogP contribution in [-0.4, -0.2) is 55.0 Å². The maximum Gasteiger partial charge on any atom is 0.248 e. The first-order valence-electron chi connectivity index (χ1n) is 4.98. The molecule has 1 amide bonds. The summed E-state index contributed by atoms with van der Waals surface area (Å²) in [5.74, 6) is -0.430. The van der Waals surface area contributed by atoms with E-state index >= 15 is 0 Å². The molecule has 88 valence electrons. The van der Waals surface area contributed by atoms with Crippen LogP contribution in [0.3, 0.4) is 0 Å². The first-order chi connectivity index (χ1) is 6.92. The van der Waals surface area contributed by atoms with Crippen LogP contribution in [0.5, 0.6) is 0 Å². The van der Waals surface area contributed by atoms with Gasteiger partial charge < -0.3 is 14.7 Å². The minimum absolute atomic E-state index is 0.00132. The van der Waals surface area contributed by atoms with Gasteiger partial charge in [-0.3, -0.25) is 4.79 Å². The van der Waals surface area contributed by atoms with Crippen molar-refractivity contribution >= 4 is 5.91 Å². The van der Waals surface area contributed by atoms with Gasteiger partial charge >= 0.3 is 0 Å². The number of piperidine rings is 1. The fourth-order valence-electron chi connectivity index (χ4n) is 2.20. The summed E-state index contributed by atoms with van der Waals surface area (Å²) in [6, 6.07) is 0. The van der Waals surface area contributed by atoms with Gasteiger partial charge in [0.15, 0.2) is 0 Å². The monoisotopic (exact) mass is 219 g/mol. The third kappa shape index (κ3) is 2.46. The van der Waals surface area contributed by atoms with Crippen molar-refractivity contribution in [2.45, 2.75) is 26.1 Å². The summed E-state index contributed by atoms with van der Waals surface area (Å²) in [4.78, 5) is 12.6. The second-order valence-electron chi connectivity index (χ2n) is 4.59. The lowest BCUT2D eigenvalue weighted by molar-refractivity contribution is -0.149. The summed E-state index contributed by atoms with van der Waals surface area (Å²) in [5, 5.41) is 8.72. The molecule has 0 aromatic carbocycles. The van der Waals surface area contributed by atoms with Crippen molar-refractivity contribution in [3.63, 3.8) is 0 Å². The fourth-order valence-corrected chi connectivity index (χ4v) is 2.20. The van der Waals surface area contributed by atoms with Crippen molar-refractivity contribution in [3.05, 3.63) is 0 Å². The maximum absolute atomic E-state index is 13.7. The normalized spacial score (nSPS) is 30.3. The van der Waals surface area contributed by atoms with Crippen LogP contribution in [-0.2, 0) is 9.53 Å². The van der Waals surface area contributed by atoms with E-state index < -0.39 is 30.2 Å². The molecule has 15 heavy (non-hydrogen) atoms. The number of rotatable bonds is 2. The summed E-state index contributed by atoms with van der Waals surface area (Å²) >= 11 is 0. The van der Waals surface area contributed by atoms with Gasteiger partial charge in [-0.05, 0) is 0 Å². The van der Waals surface area contributed by atoms with Gasteiger partial charge in [-0.25, -0.2) is 4.39 Å². The van der Waals surface area contributed by atoms with Crippen molar-refractivity contribution in [2.75, 3.05) is 26.8 Å². The highest BCUT2D eigenvalue weighted by Gasteiger charge is 2.44. The van der Waals surface area contributed by atoms with Gasteiger partial charge in [0.25, 0.3) is 0 Å². The Morgan fingerprint density at radius 2 is 2.27 bits per heavy atom. The van der Waals surface area contributed by atoms with Crippen LogP contribution in [0.4, 0.5) is 4.39 Å². The first kappa shape index (κ1) is 12.4. The van der Waals surface area contributed by atoms with Crippen LogP contribution >= 0.6 is 0 Å². The Labute approximate surface area is 89.0 Å². The lowest BCUT2D eigenvalue weighted by atomic mass is 9.80. The average molecular weight is 219 g/mol. The second kappa shape index (κ2) is 4.45. The first-order valence-corrected chi connectivity index (χ1v) is 4.98. The smallest absolute Gasteiger partial charge is 0.248 e. The average Bonchev–Trinajstić information content (AvgIpc) is 2.14. The third-order valence-corrected chi connectivity index (χ3v) is 2.83. The Morgan fingerprint density at radius 1 is 1.67 bits per heavy atom. The summed E-state index contributed by atoms with van der Waals surface area (Å²) in [6.45, 7) is 3.54. The topological polar surface area (TPSA) is 49.8 Å². The predicted molar refractivity (Wildman–Crippen MR) is 53.1 cm³/mol. The van der Waals surface area contributed by atoms with Crippen LogP contribution in [0.15, 0.2) is 0 Å². The fraction of sp³-hybridized carbons (Fsp3) is 0.900. The van der Waals surface area contributed by atoms with Gasteiger partial charge in [-0.2, -0.15) is 0 Å². The van der Waals surface area contributed by atoms with Crippen molar-refractivity contribution < 1.29 is 19.0 Å². The van der Waals surface area contributed by atoms with E-state index in [4.69, 9.17) is 9.84 Å². The molecule has 1 aliphatic heterocycles. The molecule has 0 aromatic rings. The summed E-state index contributed by atoms with van der Waals surface area (Å²) in [7, 11) is 1.47. The number of hydrogen-bond donors (Lipinski definition) is 1. The number of hydrogen-bond acceptors (Lipinski definition) is 3. The largest absolute Gasteiger partial charge is 0.387 e. The quantitative estimate of drug-likeness (QED) is 0.721. The molecule has 1 heterocycles. The molecule has 1 rings (SSSR count). The highest BCUT2D eigenvalue weighted by Crippen LogP contribution is 2.32. The number of carbonyl (C=O) groups excluding carboxylic acids is 1. The Morgan fingerprint density at radius 3 is 2.67 bits per heavy atom. The number of amides is 1. The van der Waals surface area contributed by atoms with Crippen LogP contribution in [0.1, 0.15) is 13.8 Å². The number of halogens is 1. The molecule has 1 saturated heterocycles. The Bertz CT molecular complexity index is 245. The molecule has 0 aliphatic carbocycles. The molecule has 0 spiro atoms. The molecule has 5 heteroatoms. The highest BCUT2D eigenvalue weighted by molar-refractivity contribution is 5.77. The number of likely N-dealkylation sites (tertiary alicyclic amines) is 1. The highest BCUT2D eigenvalue weighted by atomic mass is 19.1. The van der Waals surface area contributed by atoms with Crippen molar-refractivity contribution in [3.8, 4) is 0 Å². The number of alkyl halides is 1. The van der Waals surface area contributed by atoms with E-state index in [-0.39, 0.29) is 6.54 Å². The summed E-state index contributed by atoms with van der Waals surface area (Å²) in [5.41, 5.74) is -0.433. The Hall–Kier alpha value is -0.680. The zero-order chi connectivity index (χ0) is 11.6. The zero-order valence-electron chi connectivity index (χ0n) is 9.36. The lowest BCUT2D eigenvalue weighted by Crippen LogP contribution is -2.58. The van der Waals surface area contributed by atoms with Gasteiger partial charge in [-0.1, -0.05) is 13.8 Å². The standard InChI is InChI=1S/C10H18FNO3/c1-10(2)6-12(8(14)5-13)4-7(11)9(10)15-3/h7,9,13H,4-6H2,1-3H3. The number of ether oxygens (including phenoxy) is 1. The van der Waals surface area contributed by atoms with Crippen molar-refractivity contribution in [1.29, 1.82) is 0 Å². The van der Waals surface area contributed by atoms with E-state index in [1.165, 1.54) is 12.0 Å². The van der Waals surface area contributed by atoms with Crippen LogP contribution in [0.2, 0.25) is 0 Å². The molecule has 1 fully saturated rings. The van der Waals surface area contributed by atoms with Gasteiger partial charge in [0.2, 0.25) is 5.91 Å². The predicted octanol–water partition coefficient (Wildman–Crippen LogP) is 0.200. The van der Waals surface area contributed by atoms with Gasteiger partial charge in [0.05, 0.1) is 12.6 Å². The Balaban J connectivity index is 2.77. The molecule has 2 atom stereocenters. The van der Waals surface area contributed by atoms with Crippen LogP contribution in [0, 0.1) is 5.41 Å². The number of aliphatic hydroxyl groups is 1. The molecular weight excluding hydrogens is 201 g/mol. The lowest BCUT2D eigenvalue weighted by Gasteiger charge is -2.45. The van der Waals surface area contributed by atoms with E-state index in [2.05, 4.69) is 0 Å². The van der Waals surface area contributed by atoms with Crippen LogP contribution < -0.4 is 0 Å². The molecule has 1 aliphatic rings. The second-order valence-corrected chi connectivity index (χ2v) is 4.59. The van der Waals surface area contributed by atoms with E-state index in [9.17, 15) is 9.18 Å². The third-order valence-electron chi connectivity index (χ3n) is 2.83. The van der Waals surface area contributed by atoms with Crippen molar-refractivity contribution in [1.82, 2.24) is 4.90 Å². The number of carbonyl (C=O) groups is 1. The van der Waals surface area contributed by atoms with Gasteiger partial charge in [0, 0.05) is 19.1 Å². The van der Waals surface area contributed by atoms with Crippen LogP contribution in [0.25, 0.3) is 0 Å². The molecule has 0 saturated carbocycles. The molecule has 0 bridgehead atoms. The molecule has 1 N–H and O–H groups in total. The molecule has 0 aromatic heterocycles. The molecular formula is C10H18FNO3. The molecule has 0 radical (unpaired) electrons. The zero-order valence-corrected chi connectivity index (χ0v) is 9.36. The summed E-state index contributed by atoms with van der Waals surface area (Å²) in [6.07, 6.45) is -1.70. The molecule has 4 nitrogen and oxygen atoms in total. The molecule has 2 unspecified atom stereocenters. The van der Waals surface area contributed by atoms with E-state index in [1.807, 2.05) is 13.8 Å². The Kier molecular flexibility index (Phi) is 3.67. The van der Waals surface area contributed by atoms with E-state index in [1.54, 1.807) is 0 Å². The SMILES string of the molecule is COC1C(F)CN(C(=O)CO)CC1(C)C. The van der Waals surface area contributed by atoms with Crippen molar-refractivity contribution in [2.24, 2.45) is 5.41 Å². The van der Waals surface area contributed by atoms with E-state index in [0.29, 0.717) is 6.54 Å². The summed E-state index contributed by atoms with van der Waals surface area (Å²) < 4.78 is 18.8. The minimum Gasteiger partial charge on any atom is -0.387 e. The van der Waals surface area contributed by atoms with Gasteiger partial charge in [0.1, 0.15) is 12.8 Å². The van der Waals surface area contributed by atoms with Gasteiger partial charge in [-0.15, -0.1) is 0 Å². The number of methoxy groups -OCH3 is 1. The maximum atomic E-state index is 13.7.